The Labute approximate surface area is 120 Å². The van der Waals surface area contributed by atoms with Crippen LogP contribution in [0.25, 0.3) is 11.0 Å². The van der Waals surface area contributed by atoms with Gasteiger partial charge in [-0.15, -0.1) is 0 Å². The Morgan fingerprint density at radius 1 is 1.29 bits per heavy atom. The maximum absolute atomic E-state index is 11.5. The number of aliphatic hydroxyl groups is 2. The molecule has 6 nitrogen and oxygen atoms in total. The van der Waals surface area contributed by atoms with Crippen LogP contribution in [-0.2, 0) is 0 Å². The van der Waals surface area contributed by atoms with E-state index in [1.807, 2.05) is 0 Å². The van der Waals surface area contributed by atoms with Gasteiger partial charge in [0.15, 0.2) is 5.58 Å². The Bertz CT molecular complexity index is 761. The summed E-state index contributed by atoms with van der Waals surface area (Å²) in [5.41, 5.74) is -1.10. The zero-order valence-electron chi connectivity index (χ0n) is 11.9. The second-order valence-corrected chi connectivity index (χ2v) is 5.58. The molecule has 0 saturated heterocycles. The summed E-state index contributed by atoms with van der Waals surface area (Å²) in [6, 6.07) is 4.45. The molecule has 1 aromatic carbocycles. The Morgan fingerprint density at radius 2 is 2.00 bits per heavy atom. The summed E-state index contributed by atoms with van der Waals surface area (Å²) >= 11 is 0. The summed E-state index contributed by atoms with van der Waals surface area (Å²) in [6.45, 7) is 3.34. The van der Waals surface area contributed by atoms with Crippen LogP contribution >= 0.6 is 0 Å². The van der Waals surface area contributed by atoms with Gasteiger partial charge in [-0.1, -0.05) is 0 Å². The molecule has 0 spiro atoms. The van der Waals surface area contributed by atoms with Crippen LogP contribution in [0, 0.1) is 0 Å². The Balaban J connectivity index is 2.39. The van der Waals surface area contributed by atoms with E-state index < -0.39 is 23.4 Å². The molecule has 0 fully saturated rings. The van der Waals surface area contributed by atoms with Crippen molar-refractivity contribution in [2.45, 2.75) is 31.7 Å². The fraction of sp³-hybridized carbons (Fsp3) is 0.400. The zero-order chi connectivity index (χ0) is 15.4. The lowest BCUT2D eigenvalue weighted by Crippen LogP contribution is -2.48. The van der Waals surface area contributed by atoms with E-state index in [1.165, 1.54) is 13.2 Å². The highest BCUT2D eigenvalue weighted by Crippen LogP contribution is 2.46. The van der Waals surface area contributed by atoms with E-state index in [0.717, 1.165) is 0 Å². The van der Waals surface area contributed by atoms with Crippen LogP contribution in [-0.4, -0.2) is 29.0 Å². The van der Waals surface area contributed by atoms with E-state index in [1.54, 1.807) is 26.0 Å². The molecule has 1 aliphatic heterocycles. The van der Waals surface area contributed by atoms with Gasteiger partial charge in [-0.05, 0) is 19.9 Å². The van der Waals surface area contributed by atoms with Crippen molar-refractivity contribution >= 4 is 11.0 Å². The number of fused-ring (bicyclic) bond motifs is 3. The van der Waals surface area contributed by atoms with E-state index in [0.29, 0.717) is 16.9 Å². The maximum atomic E-state index is 11.5. The normalized spacial score (nSPS) is 23.5. The highest BCUT2D eigenvalue weighted by molar-refractivity contribution is 5.89. The summed E-state index contributed by atoms with van der Waals surface area (Å²) in [7, 11) is 1.49. The third kappa shape index (κ3) is 1.99. The summed E-state index contributed by atoms with van der Waals surface area (Å²) < 4.78 is 16.2. The van der Waals surface area contributed by atoms with Crippen molar-refractivity contribution in [1.82, 2.24) is 0 Å². The van der Waals surface area contributed by atoms with Crippen molar-refractivity contribution in [2.75, 3.05) is 7.11 Å². The average Bonchev–Trinajstić information content (AvgIpc) is 2.43. The molecule has 21 heavy (non-hydrogen) atoms. The van der Waals surface area contributed by atoms with Gasteiger partial charge in [0.25, 0.3) is 0 Å². The van der Waals surface area contributed by atoms with Crippen LogP contribution < -0.4 is 15.1 Å². The van der Waals surface area contributed by atoms with Gasteiger partial charge < -0.3 is 24.1 Å². The summed E-state index contributed by atoms with van der Waals surface area (Å²) in [5.74, 6) is 0.795. The molecule has 2 aromatic rings. The van der Waals surface area contributed by atoms with Gasteiger partial charge in [-0.3, -0.25) is 0 Å². The Morgan fingerprint density at radius 3 is 2.67 bits per heavy atom. The van der Waals surface area contributed by atoms with Crippen molar-refractivity contribution in [3.8, 4) is 11.5 Å². The predicted molar refractivity (Wildman–Crippen MR) is 74.7 cm³/mol. The number of hydrogen-bond donors (Lipinski definition) is 2. The zero-order valence-corrected chi connectivity index (χ0v) is 11.9. The lowest BCUT2D eigenvalue weighted by Gasteiger charge is -2.40. The van der Waals surface area contributed by atoms with E-state index in [2.05, 4.69) is 0 Å². The van der Waals surface area contributed by atoms with Crippen LogP contribution in [0.3, 0.4) is 0 Å². The molecule has 1 aromatic heterocycles. The molecular weight excluding hydrogens is 276 g/mol. The largest absolute Gasteiger partial charge is 0.496 e. The number of hydrogen-bond acceptors (Lipinski definition) is 6. The first-order chi connectivity index (χ1) is 9.85. The Kier molecular flexibility index (Phi) is 2.96. The summed E-state index contributed by atoms with van der Waals surface area (Å²) in [5, 5.41) is 21.1. The maximum Gasteiger partial charge on any atom is 0.336 e. The number of ether oxygens (including phenoxy) is 2. The summed E-state index contributed by atoms with van der Waals surface area (Å²) in [6.07, 6.45) is -2.37. The van der Waals surface area contributed by atoms with Gasteiger partial charge >= 0.3 is 5.63 Å². The standard InChI is InChI=1S/C15H16O6/c1-15(2)14(18)12(17)11-9(21-15)6-8(19-3)7-4-5-10(16)20-13(7)11/h4-6,12,14,17-18H,1-3H3/t12-,14-/m1/s1. The van der Waals surface area contributed by atoms with Crippen LogP contribution in [0.2, 0.25) is 0 Å². The van der Waals surface area contributed by atoms with Gasteiger partial charge in [0.1, 0.15) is 29.3 Å². The molecule has 2 heterocycles. The average molecular weight is 292 g/mol. The van der Waals surface area contributed by atoms with Crippen molar-refractivity contribution in [2.24, 2.45) is 0 Å². The van der Waals surface area contributed by atoms with Crippen molar-refractivity contribution < 1.29 is 24.1 Å². The van der Waals surface area contributed by atoms with Gasteiger partial charge in [-0.25, -0.2) is 4.79 Å². The van der Waals surface area contributed by atoms with E-state index >= 15 is 0 Å². The Hall–Kier alpha value is -2.05. The highest BCUT2D eigenvalue weighted by Gasteiger charge is 2.44. The van der Waals surface area contributed by atoms with E-state index in [-0.39, 0.29) is 11.1 Å². The third-order valence-electron chi connectivity index (χ3n) is 3.77. The van der Waals surface area contributed by atoms with Crippen LogP contribution in [0.4, 0.5) is 0 Å². The predicted octanol–water partition coefficient (Wildman–Crippen LogP) is 1.37. The molecule has 0 aliphatic carbocycles. The molecule has 0 bridgehead atoms. The minimum absolute atomic E-state index is 0.166. The number of benzene rings is 1. The quantitative estimate of drug-likeness (QED) is 0.772. The molecule has 0 unspecified atom stereocenters. The lowest BCUT2D eigenvalue weighted by atomic mass is 9.87. The van der Waals surface area contributed by atoms with Crippen molar-refractivity contribution in [3.63, 3.8) is 0 Å². The smallest absolute Gasteiger partial charge is 0.336 e. The SMILES string of the molecule is COc1cc2c(c3oc(=O)ccc13)[C@@H](O)[C@@H](O)C(C)(C)O2. The van der Waals surface area contributed by atoms with Crippen molar-refractivity contribution in [1.29, 1.82) is 0 Å². The number of aliphatic hydroxyl groups excluding tert-OH is 2. The molecule has 3 rings (SSSR count). The first kappa shape index (κ1) is 13.9. The molecule has 6 heteroatoms. The van der Waals surface area contributed by atoms with Gasteiger partial charge in [-0.2, -0.15) is 0 Å². The number of rotatable bonds is 1. The van der Waals surface area contributed by atoms with Crippen LogP contribution in [0.15, 0.2) is 27.4 Å². The van der Waals surface area contributed by atoms with Crippen LogP contribution in [0.5, 0.6) is 11.5 Å². The van der Waals surface area contributed by atoms with Gasteiger partial charge in [0.2, 0.25) is 0 Å². The minimum atomic E-state index is -1.22. The van der Waals surface area contributed by atoms with E-state index in [9.17, 15) is 15.0 Å². The van der Waals surface area contributed by atoms with Crippen molar-refractivity contribution in [3.05, 3.63) is 34.2 Å². The fourth-order valence-electron chi connectivity index (χ4n) is 2.61. The number of methoxy groups -OCH3 is 1. The fourth-order valence-corrected chi connectivity index (χ4v) is 2.61. The second kappa shape index (κ2) is 4.47. The highest BCUT2D eigenvalue weighted by atomic mass is 16.5. The summed E-state index contributed by atoms with van der Waals surface area (Å²) in [4.78, 5) is 11.5. The first-order valence-corrected chi connectivity index (χ1v) is 6.55. The second-order valence-electron chi connectivity index (χ2n) is 5.58. The molecular formula is C15H16O6. The molecule has 2 N–H and O–H groups in total. The molecule has 2 atom stereocenters. The monoisotopic (exact) mass is 292 g/mol. The minimum Gasteiger partial charge on any atom is -0.496 e. The molecule has 0 radical (unpaired) electrons. The third-order valence-corrected chi connectivity index (χ3v) is 3.77. The van der Waals surface area contributed by atoms with Gasteiger partial charge in [0, 0.05) is 12.1 Å². The van der Waals surface area contributed by atoms with Crippen LogP contribution in [0.1, 0.15) is 25.5 Å². The molecule has 0 saturated carbocycles. The molecule has 0 amide bonds. The lowest BCUT2D eigenvalue weighted by molar-refractivity contribution is -0.111. The molecule has 1 aliphatic rings. The topological polar surface area (TPSA) is 89.1 Å². The first-order valence-electron chi connectivity index (χ1n) is 6.55. The molecule has 112 valence electrons. The van der Waals surface area contributed by atoms with E-state index in [4.69, 9.17) is 13.9 Å². The van der Waals surface area contributed by atoms with Gasteiger partial charge in [0.05, 0.1) is 18.1 Å².